The van der Waals surface area contributed by atoms with Gasteiger partial charge < -0.3 is 4.90 Å². The van der Waals surface area contributed by atoms with Gasteiger partial charge in [-0.25, -0.2) is 14.2 Å². The molecule has 0 aromatic heterocycles. The smallest absolute Gasteiger partial charge is 0.271 e. The van der Waals surface area contributed by atoms with E-state index in [0.717, 1.165) is 6.42 Å². The van der Waals surface area contributed by atoms with Gasteiger partial charge in [0.05, 0.1) is 5.69 Å². The van der Waals surface area contributed by atoms with E-state index in [2.05, 4.69) is 28.7 Å². The molecular formula is C28H35F2N5O. The Morgan fingerprint density at radius 1 is 1.31 bits per heavy atom. The molecule has 6 nitrogen and oxygen atoms in total. The number of alkyl halides is 2. The number of carbonyl (C=O) groups excluding carboxylic acids is 1. The Balaban J connectivity index is 2.24. The van der Waals surface area contributed by atoms with Crippen LogP contribution in [0.15, 0.2) is 94.9 Å². The van der Waals surface area contributed by atoms with Crippen molar-refractivity contribution in [2.75, 3.05) is 18.6 Å². The third-order valence-corrected chi connectivity index (χ3v) is 5.56. The summed E-state index contributed by atoms with van der Waals surface area (Å²) in [5, 5.41) is 1.65. The summed E-state index contributed by atoms with van der Waals surface area (Å²) in [4.78, 5) is 22.5. The fraction of sp³-hybridized carbons (Fsp3) is 0.321. The van der Waals surface area contributed by atoms with Crippen molar-refractivity contribution in [1.82, 2.24) is 10.3 Å². The zero-order chi connectivity index (χ0) is 26.6. The number of carbonyl (C=O) groups is 1. The number of hydrazine groups is 1. The fourth-order valence-electron chi connectivity index (χ4n) is 3.60. The third kappa shape index (κ3) is 7.68. The first-order chi connectivity index (χ1) is 17.3. The van der Waals surface area contributed by atoms with E-state index in [4.69, 9.17) is 0 Å². The topological polar surface area (TPSA) is 60.3 Å². The molecule has 2 rings (SSSR count). The Labute approximate surface area is 212 Å². The van der Waals surface area contributed by atoms with Crippen LogP contribution in [-0.2, 0) is 0 Å². The van der Waals surface area contributed by atoms with Crippen LogP contribution in [0.4, 0.5) is 14.5 Å². The zero-order valence-electron chi connectivity index (χ0n) is 21.2. The predicted octanol–water partition coefficient (Wildman–Crippen LogP) is 6.09. The molecule has 1 aromatic carbocycles. The van der Waals surface area contributed by atoms with E-state index in [1.54, 1.807) is 60.8 Å². The van der Waals surface area contributed by atoms with Crippen LogP contribution in [-0.4, -0.2) is 49.3 Å². The molecule has 192 valence electrons. The molecule has 1 atom stereocenters. The maximum Gasteiger partial charge on any atom is 0.271 e. The average Bonchev–Trinajstić information content (AvgIpc) is 3.31. The van der Waals surface area contributed by atoms with Crippen LogP contribution in [0.5, 0.6) is 0 Å². The number of hydrogen-bond acceptors (Lipinski definition) is 5. The lowest BCUT2D eigenvalue weighted by molar-refractivity contribution is -0.0165. The van der Waals surface area contributed by atoms with Crippen LogP contribution in [0, 0.1) is 0 Å². The lowest BCUT2D eigenvalue weighted by atomic mass is 10.1. The highest BCUT2D eigenvalue weighted by molar-refractivity contribution is 5.95. The summed E-state index contributed by atoms with van der Waals surface area (Å²) < 4.78 is 29.3. The molecule has 1 unspecified atom stereocenters. The average molecular weight is 496 g/mol. The first-order valence-corrected chi connectivity index (χ1v) is 11.9. The van der Waals surface area contributed by atoms with E-state index < -0.39 is 18.4 Å². The van der Waals surface area contributed by atoms with Crippen LogP contribution >= 0.6 is 0 Å². The molecular weight excluding hydrogens is 460 g/mol. The molecule has 36 heavy (non-hydrogen) atoms. The standard InChI is InChI=1S/C28H35F2N5O/c1-6-9-10-18-32-20-16-25-21-26(28(29,30)17-7-2)33-35(25)24-13-11-22(12-14-24)27(36)34(5)23(8-3)15-19-31-4/h7-15,18-19,21,26,33H,2,4,6,16-17,20H2,1,3,5H3/b10-9-,19-15-,23-8+,32-18?. The summed E-state index contributed by atoms with van der Waals surface area (Å²) in [5.41, 5.74) is 5.38. The molecule has 0 saturated heterocycles. The molecule has 1 aliphatic rings. The third-order valence-electron chi connectivity index (χ3n) is 5.56. The first kappa shape index (κ1) is 28.6. The number of nitrogens with one attached hydrogen (secondary N) is 1. The highest BCUT2D eigenvalue weighted by atomic mass is 19.3. The van der Waals surface area contributed by atoms with Crippen LogP contribution in [0.1, 0.15) is 43.5 Å². The summed E-state index contributed by atoms with van der Waals surface area (Å²) in [6, 6.07) is 5.65. The number of benzene rings is 1. The molecule has 0 radical (unpaired) electrons. The van der Waals surface area contributed by atoms with Crippen molar-refractivity contribution in [1.29, 1.82) is 0 Å². The van der Waals surface area contributed by atoms with E-state index in [1.165, 1.54) is 17.2 Å². The number of anilines is 1. The van der Waals surface area contributed by atoms with Crippen molar-refractivity contribution < 1.29 is 13.6 Å². The van der Waals surface area contributed by atoms with Gasteiger partial charge >= 0.3 is 0 Å². The molecule has 8 heteroatoms. The number of aliphatic imine (C=N–C) groups is 2. The molecule has 1 N–H and O–H groups in total. The van der Waals surface area contributed by atoms with Crippen LogP contribution in [0.25, 0.3) is 0 Å². The Kier molecular flexibility index (Phi) is 11.1. The van der Waals surface area contributed by atoms with Crippen molar-refractivity contribution >= 4 is 24.5 Å². The fourth-order valence-corrected chi connectivity index (χ4v) is 3.60. The predicted molar refractivity (Wildman–Crippen MR) is 146 cm³/mol. The molecule has 0 fully saturated rings. The second kappa shape index (κ2) is 14.0. The highest BCUT2D eigenvalue weighted by Crippen LogP contribution is 2.33. The highest BCUT2D eigenvalue weighted by Gasteiger charge is 2.42. The molecule has 1 amide bonds. The maximum absolute atomic E-state index is 14.7. The van der Waals surface area contributed by atoms with Gasteiger partial charge in [0.1, 0.15) is 6.04 Å². The van der Waals surface area contributed by atoms with Gasteiger partial charge in [-0.15, -0.1) is 6.58 Å². The van der Waals surface area contributed by atoms with Crippen LogP contribution in [0.2, 0.25) is 0 Å². The lowest BCUT2D eigenvalue weighted by Gasteiger charge is -2.27. The van der Waals surface area contributed by atoms with E-state index in [-0.39, 0.29) is 5.91 Å². The van der Waals surface area contributed by atoms with Gasteiger partial charge in [-0.3, -0.25) is 19.8 Å². The Hall–Kier alpha value is -3.65. The molecule has 1 aliphatic heterocycles. The van der Waals surface area contributed by atoms with Gasteiger partial charge in [0.25, 0.3) is 11.8 Å². The molecule has 1 heterocycles. The van der Waals surface area contributed by atoms with Crippen molar-refractivity contribution in [2.45, 2.75) is 45.1 Å². The monoisotopic (exact) mass is 495 g/mol. The first-order valence-electron chi connectivity index (χ1n) is 11.9. The van der Waals surface area contributed by atoms with Gasteiger partial charge in [-0.1, -0.05) is 25.2 Å². The van der Waals surface area contributed by atoms with E-state index >= 15 is 0 Å². The van der Waals surface area contributed by atoms with Gasteiger partial charge in [0.15, 0.2) is 0 Å². The van der Waals surface area contributed by atoms with E-state index in [1.807, 2.05) is 26.0 Å². The lowest BCUT2D eigenvalue weighted by Crippen LogP contribution is -2.46. The van der Waals surface area contributed by atoms with Gasteiger partial charge in [0, 0.05) is 55.8 Å². The summed E-state index contributed by atoms with van der Waals surface area (Å²) in [7, 11) is 1.67. The maximum atomic E-state index is 14.7. The Morgan fingerprint density at radius 2 is 2.03 bits per heavy atom. The summed E-state index contributed by atoms with van der Waals surface area (Å²) in [6.45, 7) is 11.2. The SMILES string of the molecule is C=CCC(F)(F)C1C=C(CCN=C/C=C\CC)N(c2ccc(C(=O)N(C)C(/C=C\N=C)=C/C)cc2)N1. The number of hydrogen-bond donors (Lipinski definition) is 1. The number of rotatable bonds is 13. The quantitative estimate of drug-likeness (QED) is 0.205. The largest absolute Gasteiger partial charge is 0.312 e. The molecule has 1 aromatic rings. The van der Waals surface area contributed by atoms with Crippen molar-refractivity contribution in [2.24, 2.45) is 9.98 Å². The minimum absolute atomic E-state index is 0.210. The second-order valence-electron chi connectivity index (χ2n) is 8.12. The molecule has 0 spiro atoms. The molecule has 0 bridgehead atoms. The number of likely N-dealkylation sites (N-methyl/N-ethyl adjacent to an activating group) is 1. The summed E-state index contributed by atoms with van der Waals surface area (Å²) >= 11 is 0. The van der Waals surface area contributed by atoms with Gasteiger partial charge in [0.2, 0.25) is 0 Å². The molecule has 0 aliphatic carbocycles. The number of nitrogens with zero attached hydrogens (tertiary/aromatic N) is 4. The molecule has 0 saturated carbocycles. The normalized spacial score (nSPS) is 16.8. The van der Waals surface area contributed by atoms with E-state index in [9.17, 15) is 13.6 Å². The van der Waals surface area contributed by atoms with Gasteiger partial charge in [-0.2, -0.15) is 0 Å². The van der Waals surface area contributed by atoms with Crippen LogP contribution < -0.4 is 10.4 Å². The minimum atomic E-state index is -3.00. The Morgan fingerprint density at radius 3 is 2.64 bits per heavy atom. The van der Waals surface area contributed by atoms with Crippen LogP contribution in [0.3, 0.4) is 0 Å². The number of allylic oxidation sites excluding steroid dienone is 5. The minimum Gasteiger partial charge on any atom is -0.312 e. The summed E-state index contributed by atoms with van der Waals surface area (Å²) in [6.07, 6.45) is 14.3. The van der Waals surface area contributed by atoms with Gasteiger partial charge in [-0.05, 0) is 62.6 Å². The van der Waals surface area contributed by atoms with Crippen molar-refractivity contribution in [3.05, 3.63) is 90.5 Å². The van der Waals surface area contributed by atoms with Crippen molar-refractivity contribution in [3.8, 4) is 0 Å². The zero-order valence-corrected chi connectivity index (χ0v) is 21.2. The van der Waals surface area contributed by atoms with E-state index in [0.29, 0.717) is 35.6 Å². The second-order valence-corrected chi connectivity index (χ2v) is 8.12. The number of halogens is 2. The Bertz CT molecular complexity index is 1050. The number of amides is 1. The summed E-state index contributed by atoms with van der Waals surface area (Å²) in [5.74, 6) is -3.21. The van der Waals surface area contributed by atoms with Crippen molar-refractivity contribution in [3.63, 3.8) is 0 Å².